The zero-order valence-electron chi connectivity index (χ0n) is 23.3. The summed E-state index contributed by atoms with van der Waals surface area (Å²) < 4.78 is 6.91. The highest BCUT2D eigenvalue weighted by Crippen LogP contribution is 2.37. The molecule has 3 heterocycles. The molecule has 0 saturated carbocycles. The van der Waals surface area contributed by atoms with Gasteiger partial charge >= 0.3 is 0 Å². The number of nitrogens with zero attached hydrogens (tertiary/aromatic N) is 4. The average molecular weight is 498 g/mol. The van der Waals surface area contributed by atoms with Gasteiger partial charge in [-0.1, -0.05) is 62.8 Å². The van der Waals surface area contributed by atoms with Crippen molar-refractivity contribution in [2.75, 3.05) is 44.8 Å². The van der Waals surface area contributed by atoms with Crippen molar-refractivity contribution >= 4 is 22.3 Å². The Hall–Kier alpha value is -2.19. The van der Waals surface area contributed by atoms with E-state index in [1.54, 1.807) is 25.4 Å². The van der Waals surface area contributed by atoms with Crippen molar-refractivity contribution in [1.82, 2.24) is 15.1 Å². The molecule has 4 rings (SSSR count). The van der Waals surface area contributed by atoms with Crippen LogP contribution in [0.1, 0.15) is 88.5 Å². The van der Waals surface area contributed by atoms with E-state index in [4.69, 9.17) is 4.74 Å². The van der Waals surface area contributed by atoms with Crippen LogP contribution in [0.2, 0.25) is 0 Å². The molecule has 1 N–H and O–H groups in total. The first-order valence-electron chi connectivity index (χ1n) is 13.3. The van der Waals surface area contributed by atoms with Gasteiger partial charge in [0.15, 0.2) is 0 Å². The van der Waals surface area contributed by atoms with Crippen LogP contribution in [0.3, 0.4) is 0 Å². The first-order chi connectivity index (χ1) is 16.7. The Morgan fingerprint density at radius 3 is 1.94 bits per heavy atom. The summed E-state index contributed by atoms with van der Waals surface area (Å²) in [7, 11) is 1.65. The molecule has 2 aliphatic rings. The number of fused-ring (bicyclic) bond motifs is 1. The van der Waals surface area contributed by atoms with Crippen LogP contribution in [-0.2, 0) is 11.3 Å². The predicted octanol–water partition coefficient (Wildman–Crippen LogP) is 7.30. The van der Waals surface area contributed by atoms with E-state index in [9.17, 15) is 10.1 Å². The van der Waals surface area contributed by atoms with Gasteiger partial charge in [0.2, 0.25) is 0 Å². The predicted molar refractivity (Wildman–Crippen MR) is 154 cm³/mol. The lowest BCUT2D eigenvalue weighted by Crippen LogP contribution is -2.19. The molecule has 2 aromatic rings. The van der Waals surface area contributed by atoms with E-state index in [0.717, 1.165) is 36.8 Å². The quantitative estimate of drug-likeness (QED) is 0.344. The highest BCUT2D eigenvalue weighted by molar-refractivity contribution is 5.97. The van der Waals surface area contributed by atoms with Crippen LogP contribution >= 0.6 is 0 Å². The van der Waals surface area contributed by atoms with Gasteiger partial charge in [-0.25, -0.2) is 0 Å². The Morgan fingerprint density at radius 2 is 1.51 bits per heavy atom. The number of aromatic nitrogens is 2. The molecular weight excluding hydrogens is 442 g/mol. The molecule has 8 heteroatoms. The molecule has 1 aromatic heterocycles. The number of hydrogen-bond donors (Lipinski definition) is 1. The third-order valence-corrected chi connectivity index (χ3v) is 4.86. The molecule has 8 nitrogen and oxygen atoms in total. The van der Waals surface area contributed by atoms with Crippen molar-refractivity contribution < 1.29 is 9.66 Å². The molecule has 2 fully saturated rings. The lowest BCUT2D eigenvalue weighted by Gasteiger charge is -2.18. The number of ether oxygens (including phenoxy) is 1. The molecular formula is C27H55N5O3. The summed E-state index contributed by atoms with van der Waals surface area (Å²) in [6.45, 7) is 21.4. The Bertz CT molecular complexity index is 732. The number of nitro groups is 1. The minimum Gasteiger partial charge on any atom is -0.383 e. The highest BCUT2D eigenvalue weighted by Gasteiger charge is 2.26. The number of benzene rings is 1. The van der Waals surface area contributed by atoms with Crippen LogP contribution < -0.4 is 10.2 Å². The monoisotopic (exact) mass is 497 g/mol. The fourth-order valence-corrected chi connectivity index (χ4v) is 3.53. The van der Waals surface area contributed by atoms with Gasteiger partial charge < -0.3 is 15.0 Å². The molecule has 0 amide bonds. The van der Waals surface area contributed by atoms with E-state index < -0.39 is 0 Å². The van der Waals surface area contributed by atoms with Crippen LogP contribution in [0.4, 0.5) is 11.4 Å². The van der Waals surface area contributed by atoms with E-state index in [1.807, 2.05) is 60.1 Å². The largest absolute Gasteiger partial charge is 0.383 e. The normalized spacial score (nSPS) is 13.1. The molecule has 0 aliphatic carbocycles. The van der Waals surface area contributed by atoms with Crippen molar-refractivity contribution in [2.24, 2.45) is 0 Å². The van der Waals surface area contributed by atoms with Gasteiger partial charge in [-0.05, 0) is 44.8 Å². The second-order valence-corrected chi connectivity index (χ2v) is 6.63. The number of nitro benzene ring substituents is 1. The second kappa shape index (κ2) is 24.9. The van der Waals surface area contributed by atoms with Gasteiger partial charge in [0.25, 0.3) is 5.69 Å². The maximum absolute atomic E-state index is 11.3. The maximum atomic E-state index is 11.3. The van der Waals surface area contributed by atoms with Gasteiger partial charge in [-0.2, -0.15) is 5.10 Å². The molecule has 0 atom stereocenters. The third kappa shape index (κ3) is 12.4. The van der Waals surface area contributed by atoms with Crippen LogP contribution in [0.25, 0.3) is 10.9 Å². The standard InChI is InChI=1S/C14H18N4O3.C4H9N.4C2H6.CH4/c1-21-9-8-17-12-4-5-13(18(19)20)14(11(12)10-15-17)16-6-2-3-7-16;1-2-4-5-3-1;4*1-2;/h4-5,10H,2-3,6-9H2,1H3;5H,1-4H2;4*1-2H3;1H4. The third-order valence-electron chi connectivity index (χ3n) is 4.86. The topological polar surface area (TPSA) is 85.5 Å². The summed E-state index contributed by atoms with van der Waals surface area (Å²) in [6.07, 6.45) is 6.66. The van der Waals surface area contributed by atoms with Crippen molar-refractivity contribution in [3.05, 3.63) is 28.4 Å². The number of methoxy groups -OCH3 is 1. The Kier molecular flexibility index (Phi) is 26.6. The fourth-order valence-electron chi connectivity index (χ4n) is 3.53. The van der Waals surface area contributed by atoms with E-state index >= 15 is 0 Å². The summed E-state index contributed by atoms with van der Waals surface area (Å²) in [5, 5.41) is 19.8. The molecule has 0 unspecified atom stereocenters. The van der Waals surface area contributed by atoms with E-state index in [0.29, 0.717) is 18.8 Å². The first-order valence-corrected chi connectivity index (χ1v) is 13.3. The Labute approximate surface area is 215 Å². The molecule has 1 aromatic carbocycles. The first kappa shape index (κ1) is 37.4. The number of rotatable bonds is 5. The average Bonchev–Trinajstić information content (AvgIpc) is 3.71. The lowest BCUT2D eigenvalue weighted by atomic mass is 10.1. The molecule has 0 spiro atoms. The summed E-state index contributed by atoms with van der Waals surface area (Å²) in [6, 6.07) is 3.36. The van der Waals surface area contributed by atoms with E-state index in [2.05, 4.69) is 15.3 Å². The Morgan fingerprint density at radius 1 is 0.971 bits per heavy atom. The van der Waals surface area contributed by atoms with Crippen LogP contribution in [-0.4, -0.2) is 54.6 Å². The summed E-state index contributed by atoms with van der Waals surface area (Å²) in [5.41, 5.74) is 1.79. The van der Waals surface area contributed by atoms with Crippen molar-refractivity contribution in [2.45, 2.75) is 95.0 Å². The minimum absolute atomic E-state index is 0. The van der Waals surface area contributed by atoms with Gasteiger partial charge in [-0.15, -0.1) is 0 Å². The molecule has 206 valence electrons. The van der Waals surface area contributed by atoms with Crippen molar-refractivity contribution in [3.63, 3.8) is 0 Å². The highest BCUT2D eigenvalue weighted by atomic mass is 16.6. The van der Waals surface area contributed by atoms with Gasteiger partial charge in [0.1, 0.15) is 5.69 Å². The van der Waals surface area contributed by atoms with Crippen LogP contribution in [0.15, 0.2) is 18.3 Å². The summed E-state index contributed by atoms with van der Waals surface area (Å²) in [4.78, 5) is 13.1. The Balaban J connectivity index is -0.000000618. The zero-order valence-corrected chi connectivity index (χ0v) is 23.3. The molecule has 0 radical (unpaired) electrons. The smallest absolute Gasteiger partial charge is 0.293 e. The number of hydrogen-bond acceptors (Lipinski definition) is 6. The molecule has 0 bridgehead atoms. The second-order valence-electron chi connectivity index (χ2n) is 6.63. The van der Waals surface area contributed by atoms with Crippen LogP contribution in [0.5, 0.6) is 0 Å². The maximum Gasteiger partial charge on any atom is 0.293 e. The lowest BCUT2D eigenvalue weighted by molar-refractivity contribution is -0.384. The zero-order chi connectivity index (χ0) is 26.4. The van der Waals surface area contributed by atoms with Gasteiger partial charge in [0.05, 0.1) is 35.2 Å². The molecule has 2 aliphatic heterocycles. The van der Waals surface area contributed by atoms with Crippen molar-refractivity contribution in [3.8, 4) is 0 Å². The summed E-state index contributed by atoms with van der Waals surface area (Å²) in [5.74, 6) is 0. The van der Waals surface area contributed by atoms with Gasteiger partial charge in [0, 0.05) is 26.3 Å². The minimum atomic E-state index is -0.306. The van der Waals surface area contributed by atoms with Crippen LogP contribution in [0, 0.1) is 10.1 Å². The molecule has 2 saturated heterocycles. The number of nitrogens with one attached hydrogen (secondary N) is 1. The van der Waals surface area contributed by atoms with Crippen molar-refractivity contribution in [1.29, 1.82) is 0 Å². The van der Waals surface area contributed by atoms with E-state index in [-0.39, 0.29) is 18.0 Å². The fraction of sp³-hybridized carbons (Fsp3) is 0.741. The SMILES string of the molecule is C.C1CCNC1.CC.CC.CC.CC.COCCn1ncc2c(N3CCCC3)c([N+](=O)[O-])ccc21. The molecule has 35 heavy (non-hydrogen) atoms. The summed E-state index contributed by atoms with van der Waals surface area (Å²) >= 11 is 0. The van der Waals surface area contributed by atoms with Gasteiger partial charge in [-0.3, -0.25) is 14.8 Å². The number of anilines is 1. The van der Waals surface area contributed by atoms with E-state index in [1.165, 1.54) is 25.9 Å².